The number of carbonyl (C=O) groups excluding carboxylic acids is 1. The maximum absolute atomic E-state index is 12.3. The summed E-state index contributed by atoms with van der Waals surface area (Å²) in [7, 11) is 3.15. The Bertz CT molecular complexity index is 831. The summed E-state index contributed by atoms with van der Waals surface area (Å²) in [5.41, 5.74) is 5.04. The van der Waals surface area contributed by atoms with Gasteiger partial charge in [0.1, 0.15) is 0 Å². The molecule has 1 amide bonds. The summed E-state index contributed by atoms with van der Waals surface area (Å²) in [5.74, 6) is 0.949. The minimum atomic E-state index is -0.254. The van der Waals surface area contributed by atoms with E-state index in [9.17, 15) is 4.79 Å². The van der Waals surface area contributed by atoms with Gasteiger partial charge in [-0.3, -0.25) is 4.79 Å². The van der Waals surface area contributed by atoms with Crippen molar-refractivity contribution in [1.29, 1.82) is 0 Å². The number of methoxy groups -OCH3 is 2. The van der Waals surface area contributed by atoms with Crippen molar-refractivity contribution in [3.8, 4) is 11.5 Å². The van der Waals surface area contributed by atoms with Crippen LogP contribution in [0.2, 0.25) is 0 Å². The third kappa shape index (κ3) is 4.60. The Kier molecular flexibility index (Phi) is 6.34. The van der Waals surface area contributed by atoms with Crippen molar-refractivity contribution in [2.75, 3.05) is 32.2 Å². The highest BCUT2D eigenvalue weighted by atomic mass is 79.9. The average Bonchev–Trinajstić information content (AvgIpc) is 3.23. The van der Waals surface area contributed by atoms with E-state index in [1.807, 2.05) is 24.3 Å². The van der Waals surface area contributed by atoms with Gasteiger partial charge in [0.15, 0.2) is 11.5 Å². The Morgan fingerprint density at radius 3 is 2.37 bits per heavy atom. The molecule has 3 rings (SSSR count). The summed E-state index contributed by atoms with van der Waals surface area (Å²) in [6.07, 6.45) is 4.01. The van der Waals surface area contributed by atoms with Crippen molar-refractivity contribution in [2.45, 2.75) is 12.8 Å². The molecule has 0 bridgehead atoms. The van der Waals surface area contributed by atoms with Gasteiger partial charge in [0.25, 0.3) is 5.91 Å². The van der Waals surface area contributed by atoms with Crippen molar-refractivity contribution in [3.05, 3.63) is 52.0 Å². The zero-order valence-corrected chi connectivity index (χ0v) is 17.0. The molecule has 0 aliphatic carbocycles. The standard InChI is InChI=1S/C20H22BrN3O3/c1-26-18-11-15(17(21)12-19(18)27-2)13-22-23-20(25)14-5-7-16(8-6-14)24-9-3-4-10-24/h5-8,11-13H,3-4,9-10H2,1-2H3,(H,23,25)/b22-13-. The van der Waals surface area contributed by atoms with Crippen molar-refractivity contribution >= 4 is 33.7 Å². The molecule has 7 heteroatoms. The molecule has 27 heavy (non-hydrogen) atoms. The van der Waals surface area contributed by atoms with Gasteiger partial charge < -0.3 is 14.4 Å². The first-order valence-electron chi connectivity index (χ1n) is 8.72. The van der Waals surface area contributed by atoms with Crippen molar-refractivity contribution in [2.24, 2.45) is 5.10 Å². The van der Waals surface area contributed by atoms with Crippen molar-refractivity contribution in [3.63, 3.8) is 0 Å². The molecule has 0 aromatic heterocycles. The van der Waals surface area contributed by atoms with Crippen LogP contribution in [0, 0.1) is 0 Å². The minimum absolute atomic E-state index is 0.254. The minimum Gasteiger partial charge on any atom is -0.493 e. The summed E-state index contributed by atoms with van der Waals surface area (Å²) >= 11 is 3.46. The molecule has 2 aromatic rings. The summed E-state index contributed by atoms with van der Waals surface area (Å²) in [4.78, 5) is 14.6. The summed E-state index contributed by atoms with van der Waals surface area (Å²) in [6, 6.07) is 11.2. The third-order valence-electron chi connectivity index (χ3n) is 4.47. The predicted molar refractivity (Wildman–Crippen MR) is 110 cm³/mol. The second kappa shape index (κ2) is 8.90. The molecule has 0 unspecified atom stereocenters. The average molecular weight is 432 g/mol. The first kappa shape index (κ1) is 19.2. The quantitative estimate of drug-likeness (QED) is 0.557. The van der Waals surface area contributed by atoms with Gasteiger partial charge in [0.2, 0.25) is 0 Å². The smallest absolute Gasteiger partial charge is 0.271 e. The lowest BCUT2D eigenvalue weighted by atomic mass is 10.2. The Hall–Kier alpha value is -2.54. The lowest BCUT2D eigenvalue weighted by molar-refractivity contribution is 0.0955. The molecule has 0 radical (unpaired) electrons. The van der Waals surface area contributed by atoms with Crippen LogP contribution in [-0.2, 0) is 0 Å². The molecule has 1 aliphatic heterocycles. The van der Waals surface area contributed by atoms with E-state index in [4.69, 9.17) is 9.47 Å². The normalized spacial score (nSPS) is 13.8. The van der Waals surface area contributed by atoms with Crippen LogP contribution in [0.3, 0.4) is 0 Å². The number of hydrogen-bond donors (Lipinski definition) is 1. The van der Waals surface area contributed by atoms with E-state index >= 15 is 0 Å². The molecule has 6 nitrogen and oxygen atoms in total. The van der Waals surface area contributed by atoms with Crippen LogP contribution < -0.4 is 19.8 Å². The van der Waals surface area contributed by atoms with E-state index in [-0.39, 0.29) is 5.91 Å². The highest BCUT2D eigenvalue weighted by molar-refractivity contribution is 9.10. The highest BCUT2D eigenvalue weighted by Gasteiger charge is 2.13. The van der Waals surface area contributed by atoms with Gasteiger partial charge in [-0.1, -0.05) is 0 Å². The molecule has 2 aromatic carbocycles. The molecule has 1 N–H and O–H groups in total. The highest BCUT2D eigenvalue weighted by Crippen LogP contribution is 2.32. The van der Waals surface area contributed by atoms with Gasteiger partial charge in [-0.05, 0) is 65.2 Å². The summed E-state index contributed by atoms with van der Waals surface area (Å²) < 4.78 is 11.3. The summed E-state index contributed by atoms with van der Waals surface area (Å²) in [5, 5.41) is 4.05. The predicted octanol–water partition coefficient (Wildman–Crippen LogP) is 3.83. The fourth-order valence-corrected chi connectivity index (χ4v) is 3.42. The number of carbonyl (C=O) groups is 1. The second-order valence-electron chi connectivity index (χ2n) is 6.17. The van der Waals surface area contributed by atoms with Crippen LogP contribution >= 0.6 is 15.9 Å². The summed E-state index contributed by atoms with van der Waals surface area (Å²) in [6.45, 7) is 2.16. The molecule has 1 saturated heterocycles. The van der Waals surface area contributed by atoms with Gasteiger partial charge in [-0.15, -0.1) is 0 Å². The lowest BCUT2D eigenvalue weighted by Crippen LogP contribution is -2.19. The van der Waals surface area contributed by atoms with Crippen LogP contribution in [0.1, 0.15) is 28.8 Å². The van der Waals surface area contributed by atoms with Gasteiger partial charge in [-0.25, -0.2) is 5.43 Å². The molecular formula is C20H22BrN3O3. The topological polar surface area (TPSA) is 63.2 Å². The number of halogens is 1. The number of amides is 1. The van der Waals surface area contributed by atoms with E-state index in [0.717, 1.165) is 28.8 Å². The number of ether oxygens (including phenoxy) is 2. The van der Waals surface area contributed by atoms with E-state index in [2.05, 4.69) is 31.4 Å². The molecule has 0 spiro atoms. The van der Waals surface area contributed by atoms with Gasteiger partial charge in [0.05, 0.1) is 20.4 Å². The number of benzene rings is 2. The number of hydrogen-bond acceptors (Lipinski definition) is 5. The first-order valence-corrected chi connectivity index (χ1v) is 9.51. The molecule has 0 atom stereocenters. The third-order valence-corrected chi connectivity index (χ3v) is 5.16. The van der Waals surface area contributed by atoms with Crippen LogP contribution in [0.5, 0.6) is 11.5 Å². The maximum atomic E-state index is 12.3. The maximum Gasteiger partial charge on any atom is 0.271 e. The lowest BCUT2D eigenvalue weighted by Gasteiger charge is -2.17. The van der Waals surface area contributed by atoms with Crippen LogP contribution in [0.15, 0.2) is 46.0 Å². The molecule has 1 aliphatic rings. The molecular weight excluding hydrogens is 410 g/mol. The monoisotopic (exact) mass is 431 g/mol. The second-order valence-corrected chi connectivity index (χ2v) is 7.02. The van der Waals surface area contributed by atoms with Gasteiger partial charge in [0, 0.05) is 34.4 Å². The van der Waals surface area contributed by atoms with Gasteiger partial charge in [-0.2, -0.15) is 5.10 Å². The van der Waals surface area contributed by atoms with Gasteiger partial charge >= 0.3 is 0 Å². The van der Waals surface area contributed by atoms with E-state index in [0.29, 0.717) is 17.1 Å². The van der Waals surface area contributed by atoms with Crippen LogP contribution in [-0.4, -0.2) is 39.4 Å². The number of nitrogens with zero attached hydrogens (tertiary/aromatic N) is 2. The molecule has 0 saturated carbocycles. The first-order chi connectivity index (χ1) is 13.1. The molecule has 142 valence electrons. The van der Waals surface area contributed by atoms with E-state index < -0.39 is 0 Å². The number of hydrazone groups is 1. The van der Waals surface area contributed by atoms with E-state index in [1.165, 1.54) is 12.8 Å². The van der Waals surface area contributed by atoms with Crippen LogP contribution in [0.25, 0.3) is 0 Å². The molecule has 1 fully saturated rings. The Morgan fingerprint density at radius 2 is 1.74 bits per heavy atom. The molecule has 1 heterocycles. The van der Waals surface area contributed by atoms with Crippen molar-refractivity contribution < 1.29 is 14.3 Å². The Balaban J connectivity index is 1.64. The Labute approximate surface area is 167 Å². The number of anilines is 1. The fraction of sp³-hybridized carbons (Fsp3) is 0.300. The largest absolute Gasteiger partial charge is 0.493 e. The zero-order chi connectivity index (χ0) is 19.2. The van der Waals surface area contributed by atoms with E-state index in [1.54, 1.807) is 32.6 Å². The number of nitrogens with one attached hydrogen (secondary N) is 1. The van der Waals surface area contributed by atoms with Crippen molar-refractivity contribution in [1.82, 2.24) is 5.43 Å². The Morgan fingerprint density at radius 1 is 1.11 bits per heavy atom. The number of rotatable bonds is 6. The zero-order valence-electron chi connectivity index (χ0n) is 15.4. The SMILES string of the molecule is COc1cc(Br)c(/C=N\NC(=O)c2ccc(N3CCCC3)cc2)cc1OC. The van der Waals surface area contributed by atoms with Crippen LogP contribution in [0.4, 0.5) is 5.69 Å². The fourth-order valence-electron chi connectivity index (χ4n) is 2.99.